The second-order valence-electron chi connectivity index (χ2n) is 9.92. The van der Waals surface area contributed by atoms with Gasteiger partial charge in [-0.3, -0.25) is 4.67 Å². The van der Waals surface area contributed by atoms with Crippen molar-refractivity contribution in [1.82, 2.24) is 9.99 Å². The molecule has 170 valence electrons. The summed E-state index contributed by atoms with van der Waals surface area (Å²) in [6.07, 6.45) is 7.87. The van der Waals surface area contributed by atoms with Gasteiger partial charge in [-0.1, -0.05) is 101 Å². The molecule has 3 heteroatoms. The summed E-state index contributed by atoms with van der Waals surface area (Å²) in [5.74, 6) is 1.49. The SMILES string of the molecule is CC(C)CCN[C@@H]1CCCC[C@H]1N(CCC(C)C)P(c1ccccc1)c1ccccc1. The van der Waals surface area contributed by atoms with E-state index in [9.17, 15) is 0 Å². The van der Waals surface area contributed by atoms with Crippen LogP contribution >= 0.6 is 8.07 Å². The number of nitrogens with zero attached hydrogens (tertiary/aromatic N) is 1. The largest absolute Gasteiger partial charge is 0.312 e. The molecule has 3 rings (SSSR count). The lowest BCUT2D eigenvalue weighted by Crippen LogP contribution is -2.52. The standard InChI is InChI=1S/C28H43N2P/c1-23(2)19-21-29-27-17-11-12-18-28(27)30(22-20-24(3)4)31(25-13-7-5-8-14-25)26-15-9-6-10-16-26/h5-10,13-16,23-24,27-29H,11-12,17-22H2,1-4H3/t27-,28-/m1/s1. The van der Waals surface area contributed by atoms with Gasteiger partial charge in [-0.25, -0.2) is 0 Å². The fourth-order valence-corrected chi connectivity index (χ4v) is 7.34. The van der Waals surface area contributed by atoms with Crippen LogP contribution in [0.25, 0.3) is 0 Å². The molecule has 0 radical (unpaired) electrons. The first-order valence-corrected chi connectivity index (χ1v) is 13.8. The lowest BCUT2D eigenvalue weighted by Gasteiger charge is -2.45. The molecular weight excluding hydrogens is 395 g/mol. The van der Waals surface area contributed by atoms with Crippen molar-refractivity contribution >= 4 is 18.7 Å². The van der Waals surface area contributed by atoms with E-state index in [1.54, 1.807) is 0 Å². The number of benzene rings is 2. The van der Waals surface area contributed by atoms with E-state index < -0.39 is 8.07 Å². The summed E-state index contributed by atoms with van der Waals surface area (Å²) in [6, 6.07) is 23.8. The Morgan fingerprint density at radius 2 is 1.35 bits per heavy atom. The van der Waals surface area contributed by atoms with E-state index in [1.165, 1.54) is 55.7 Å². The van der Waals surface area contributed by atoms with Gasteiger partial charge in [0.1, 0.15) is 0 Å². The van der Waals surface area contributed by atoms with Gasteiger partial charge in [0.25, 0.3) is 0 Å². The van der Waals surface area contributed by atoms with Crippen LogP contribution in [-0.2, 0) is 0 Å². The predicted molar refractivity (Wildman–Crippen MR) is 139 cm³/mol. The zero-order valence-corrected chi connectivity index (χ0v) is 21.0. The lowest BCUT2D eigenvalue weighted by atomic mass is 9.89. The van der Waals surface area contributed by atoms with E-state index in [1.807, 2.05) is 0 Å². The van der Waals surface area contributed by atoms with Crippen molar-refractivity contribution in [3.05, 3.63) is 60.7 Å². The van der Waals surface area contributed by atoms with Crippen molar-refractivity contribution in [2.24, 2.45) is 11.8 Å². The molecule has 0 saturated heterocycles. The zero-order valence-electron chi connectivity index (χ0n) is 20.1. The van der Waals surface area contributed by atoms with E-state index in [2.05, 4.69) is 98.3 Å². The highest BCUT2D eigenvalue weighted by Gasteiger charge is 2.35. The van der Waals surface area contributed by atoms with Gasteiger partial charge in [0.2, 0.25) is 0 Å². The Hall–Kier alpha value is -1.21. The average Bonchev–Trinajstić information content (AvgIpc) is 2.78. The van der Waals surface area contributed by atoms with Gasteiger partial charge < -0.3 is 5.32 Å². The predicted octanol–water partition coefficient (Wildman–Crippen LogP) is 6.33. The molecule has 31 heavy (non-hydrogen) atoms. The summed E-state index contributed by atoms with van der Waals surface area (Å²) in [5.41, 5.74) is 0. The topological polar surface area (TPSA) is 15.3 Å². The fourth-order valence-electron chi connectivity index (χ4n) is 4.65. The second-order valence-corrected chi connectivity index (χ2v) is 12.1. The van der Waals surface area contributed by atoms with Gasteiger partial charge in [-0.05, 0) is 54.7 Å². The molecule has 0 aromatic heterocycles. The highest BCUT2D eigenvalue weighted by Crippen LogP contribution is 2.43. The second kappa shape index (κ2) is 12.7. The molecule has 1 saturated carbocycles. The monoisotopic (exact) mass is 438 g/mol. The Kier molecular flexibility index (Phi) is 10.0. The molecule has 2 nitrogen and oxygen atoms in total. The van der Waals surface area contributed by atoms with Crippen molar-refractivity contribution in [3.8, 4) is 0 Å². The molecule has 2 aromatic rings. The van der Waals surface area contributed by atoms with Crippen molar-refractivity contribution in [1.29, 1.82) is 0 Å². The van der Waals surface area contributed by atoms with Gasteiger partial charge in [-0.2, -0.15) is 0 Å². The molecule has 0 aliphatic heterocycles. The molecule has 0 spiro atoms. The van der Waals surface area contributed by atoms with E-state index in [-0.39, 0.29) is 0 Å². The van der Waals surface area contributed by atoms with Crippen LogP contribution in [0.15, 0.2) is 60.7 Å². The fraction of sp³-hybridized carbons (Fsp3) is 0.571. The Morgan fingerprint density at radius 1 is 0.806 bits per heavy atom. The summed E-state index contributed by atoms with van der Waals surface area (Å²) >= 11 is 0. The molecule has 1 fully saturated rings. The first-order chi connectivity index (χ1) is 15.1. The van der Waals surface area contributed by atoms with Gasteiger partial charge >= 0.3 is 0 Å². The third kappa shape index (κ3) is 7.41. The lowest BCUT2D eigenvalue weighted by molar-refractivity contribution is 0.200. The third-order valence-corrected chi connectivity index (χ3v) is 9.02. The average molecular weight is 439 g/mol. The van der Waals surface area contributed by atoms with Crippen molar-refractivity contribution < 1.29 is 0 Å². The van der Waals surface area contributed by atoms with Crippen LogP contribution in [0.2, 0.25) is 0 Å². The summed E-state index contributed by atoms with van der Waals surface area (Å²) < 4.78 is 2.92. The third-order valence-electron chi connectivity index (χ3n) is 6.43. The van der Waals surface area contributed by atoms with Gasteiger partial charge in [0.15, 0.2) is 0 Å². The molecule has 1 aliphatic carbocycles. The maximum atomic E-state index is 4.00. The smallest absolute Gasteiger partial charge is 0.0293 e. The van der Waals surface area contributed by atoms with Crippen molar-refractivity contribution in [2.45, 2.75) is 78.3 Å². The van der Waals surface area contributed by atoms with Gasteiger partial charge in [0, 0.05) is 26.7 Å². The summed E-state index contributed by atoms with van der Waals surface area (Å²) in [5, 5.41) is 6.97. The van der Waals surface area contributed by atoms with Crippen LogP contribution in [0.5, 0.6) is 0 Å². The molecular formula is C28H43N2P. The highest BCUT2D eigenvalue weighted by molar-refractivity contribution is 7.70. The van der Waals surface area contributed by atoms with E-state index in [0.29, 0.717) is 12.1 Å². The Balaban J connectivity index is 1.93. The van der Waals surface area contributed by atoms with Crippen molar-refractivity contribution in [3.63, 3.8) is 0 Å². The first kappa shape index (κ1) is 24.4. The van der Waals surface area contributed by atoms with E-state index >= 15 is 0 Å². The molecule has 2 atom stereocenters. The van der Waals surface area contributed by atoms with Gasteiger partial charge in [-0.15, -0.1) is 0 Å². The van der Waals surface area contributed by atoms with E-state index in [0.717, 1.165) is 18.4 Å². The minimum Gasteiger partial charge on any atom is -0.312 e. The number of rotatable bonds is 11. The molecule has 1 N–H and O–H groups in total. The van der Waals surface area contributed by atoms with Crippen LogP contribution < -0.4 is 15.9 Å². The highest BCUT2D eigenvalue weighted by atomic mass is 31.1. The van der Waals surface area contributed by atoms with E-state index in [4.69, 9.17) is 0 Å². The Bertz CT molecular complexity index is 692. The number of nitrogens with one attached hydrogen (secondary N) is 1. The molecule has 0 heterocycles. The maximum absolute atomic E-state index is 4.00. The summed E-state index contributed by atoms with van der Waals surface area (Å²) in [7, 11) is -0.529. The van der Waals surface area contributed by atoms with Crippen LogP contribution in [-0.4, -0.2) is 29.8 Å². The van der Waals surface area contributed by atoms with Gasteiger partial charge in [0.05, 0.1) is 0 Å². The van der Waals surface area contributed by atoms with Crippen LogP contribution in [0.4, 0.5) is 0 Å². The Morgan fingerprint density at radius 3 is 1.90 bits per heavy atom. The minimum absolute atomic E-state index is 0.529. The van der Waals surface area contributed by atoms with Crippen molar-refractivity contribution in [2.75, 3.05) is 13.1 Å². The van der Waals surface area contributed by atoms with Crippen LogP contribution in [0, 0.1) is 11.8 Å². The number of hydrogen-bond acceptors (Lipinski definition) is 2. The summed E-state index contributed by atoms with van der Waals surface area (Å²) in [4.78, 5) is 0. The molecule has 2 aromatic carbocycles. The quantitative estimate of drug-likeness (QED) is 0.413. The Labute approximate surface area is 192 Å². The zero-order chi connectivity index (χ0) is 22.1. The minimum atomic E-state index is -0.529. The number of hydrogen-bond donors (Lipinski definition) is 1. The molecule has 1 aliphatic rings. The van der Waals surface area contributed by atoms with Crippen LogP contribution in [0.1, 0.15) is 66.2 Å². The maximum Gasteiger partial charge on any atom is 0.0293 e. The summed E-state index contributed by atoms with van der Waals surface area (Å²) in [6.45, 7) is 11.7. The molecule has 0 amide bonds. The normalized spacial score (nSPS) is 19.6. The van der Waals surface area contributed by atoms with Crippen LogP contribution in [0.3, 0.4) is 0 Å². The molecule has 0 unspecified atom stereocenters. The molecule has 0 bridgehead atoms. The first-order valence-electron chi connectivity index (χ1n) is 12.5.